The van der Waals surface area contributed by atoms with Gasteiger partial charge in [-0.25, -0.2) is 5.48 Å². The summed E-state index contributed by atoms with van der Waals surface area (Å²) >= 11 is 0. The van der Waals surface area contributed by atoms with E-state index >= 15 is 0 Å². The molecule has 1 N–H and O–H groups in total. The molecule has 1 aromatic rings. The van der Waals surface area contributed by atoms with Crippen LogP contribution in [0.4, 0.5) is 0 Å². The molecule has 1 rings (SSSR count). The molecule has 0 radical (unpaired) electrons. The van der Waals surface area contributed by atoms with Gasteiger partial charge in [-0.05, 0) is 18.9 Å². The fourth-order valence-corrected chi connectivity index (χ4v) is 1.26. The molecule has 4 heteroatoms. The minimum absolute atomic E-state index is 0.384. The number of amides is 1. The van der Waals surface area contributed by atoms with E-state index < -0.39 is 11.8 Å². The van der Waals surface area contributed by atoms with Gasteiger partial charge in [-0.2, -0.15) is 5.26 Å². The molecule has 0 saturated heterocycles. The molecule has 84 valence electrons. The predicted molar refractivity (Wildman–Crippen MR) is 59.0 cm³/mol. The van der Waals surface area contributed by atoms with Gasteiger partial charge in [0.2, 0.25) is 0 Å². The van der Waals surface area contributed by atoms with Gasteiger partial charge in [0.1, 0.15) is 5.92 Å². The van der Waals surface area contributed by atoms with E-state index in [0.717, 1.165) is 5.56 Å². The summed E-state index contributed by atoms with van der Waals surface area (Å²) < 4.78 is 0. The first-order chi connectivity index (χ1) is 7.77. The maximum atomic E-state index is 11.5. The normalized spacial score (nSPS) is 11.5. The summed E-state index contributed by atoms with van der Waals surface area (Å²) in [6.07, 6.45) is 0.399. The van der Waals surface area contributed by atoms with Crippen LogP contribution in [-0.4, -0.2) is 12.5 Å². The highest BCUT2D eigenvalue weighted by molar-refractivity contribution is 5.80. The Balaban J connectivity index is 2.56. The molecule has 1 unspecified atom stereocenters. The molecule has 1 aromatic carbocycles. The maximum Gasteiger partial charge on any atom is 0.261 e. The molecular formula is C12H14N2O2. The zero-order valence-corrected chi connectivity index (χ0v) is 9.14. The Morgan fingerprint density at radius 1 is 1.50 bits per heavy atom. The van der Waals surface area contributed by atoms with Crippen LogP contribution in [0.2, 0.25) is 0 Å². The van der Waals surface area contributed by atoms with Crippen LogP contribution in [0, 0.1) is 17.2 Å². The fourth-order valence-electron chi connectivity index (χ4n) is 1.26. The van der Waals surface area contributed by atoms with Crippen molar-refractivity contribution in [1.82, 2.24) is 5.48 Å². The van der Waals surface area contributed by atoms with Crippen LogP contribution in [0.15, 0.2) is 30.3 Å². The molecule has 0 saturated carbocycles. The Morgan fingerprint density at radius 3 is 2.75 bits per heavy atom. The van der Waals surface area contributed by atoms with Crippen molar-refractivity contribution in [3.8, 4) is 6.07 Å². The van der Waals surface area contributed by atoms with Crippen LogP contribution in [0.25, 0.3) is 0 Å². The minimum Gasteiger partial charge on any atom is -0.274 e. The standard InChI is InChI=1S/C12H14N2O2/c1-2-16-14-12(15)11(9-13)8-10-6-4-3-5-7-10/h3-7,11H,2,8H2,1H3,(H,14,15). The number of benzene rings is 1. The van der Waals surface area contributed by atoms with Crippen molar-refractivity contribution in [2.75, 3.05) is 6.61 Å². The fraction of sp³-hybridized carbons (Fsp3) is 0.333. The van der Waals surface area contributed by atoms with Crippen LogP contribution < -0.4 is 5.48 Å². The van der Waals surface area contributed by atoms with Gasteiger partial charge < -0.3 is 0 Å². The number of nitrogens with zero attached hydrogens (tertiary/aromatic N) is 1. The molecule has 1 amide bonds. The maximum absolute atomic E-state index is 11.5. The summed E-state index contributed by atoms with van der Waals surface area (Å²) in [5.41, 5.74) is 3.20. The number of hydrogen-bond donors (Lipinski definition) is 1. The summed E-state index contributed by atoms with van der Waals surface area (Å²) in [5, 5.41) is 8.89. The topological polar surface area (TPSA) is 62.1 Å². The highest BCUT2D eigenvalue weighted by Crippen LogP contribution is 2.08. The quantitative estimate of drug-likeness (QED) is 0.760. The van der Waals surface area contributed by atoms with E-state index in [9.17, 15) is 4.79 Å². The van der Waals surface area contributed by atoms with Gasteiger partial charge in [0.05, 0.1) is 12.7 Å². The summed E-state index contributed by atoms with van der Waals surface area (Å²) in [6.45, 7) is 2.15. The molecule has 0 aliphatic carbocycles. The molecule has 0 aromatic heterocycles. The average Bonchev–Trinajstić information content (AvgIpc) is 2.34. The van der Waals surface area contributed by atoms with Crippen molar-refractivity contribution < 1.29 is 9.63 Å². The van der Waals surface area contributed by atoms with Crippen LogP contribution in [0.3, 0.4) is 0 Å². The minimum atomic E-state index is -0.714. The van der Waals surface area contributed by atoms with Gasteiger partial charge in [-0.1, -0.05) is 30.3 Å². The van der Waals surface area contributed by atoms with Gasteiger partial charge >= 0.3 is 0 Å². The highest BCUT2D eigenvalue weighted by atomic mass is 16.6. The first-order valence-corrected chi connectivity index (χ1v) is 5.13. The number of carbonyl (C=O) groups excluding carboxylic acids is 1. The van der Waals surface area contributed by atoms with Crippen molar-refractivity contribution >= 4 is 5.91 Å². The lowest BCUT2D eigenvalue weighted by atomic mass is 10.0. The summed E-state index contributed by atoms with van der Waals surface area (Å²) in [4.78, 5) is 16.2. The first-order valence-electron chi connectivity index (χ1n) is 5.13. The second-order valence-electron chi connectivity index (χ2n) is 3.27. The van der Waals surface area contributed by atoms with Gasteiger partial charge in [-0.15, -0.1) is 0 Å². The van der Waals surface area contributed by atoms with Gasteiger partial charge in [-0.3, -0.25) is 9.63 Å². The lowest BCUT2D eigenvalue weighted by Gasteiger charge is -2.09. The van der Waals surface area contributed by atoms with E-state index in [1.54, 1.807) is 6.92 Å². The molecule has 0 aliphatic heterocycles. The molecule has 0 heterocycles. The van der Waals surface area contributed by atoms with Gasteiger partial charge in [0.25, 0.3) is 5.91 Å². The van der Waals surface area contributed by atoms with E-state index in [1.165, 1.54) is 0 Å². The lowest BCUT2D eigenvalue weighted by molar-refractivity contribution is -0.135. The van der Waals surface area contributed by atoms with Crippen molar-refractivity contribution in [3.05, 3.63) is 35.9 Å². The van der Waals surface area contributed by atoms with Gasteiger partial charge in [0, 0.05) is 0 Å². The first kappa shape index (κ1) is 12.2. The Morgan fingerprint density at radius 2 is 2.19 bits per heavy atom. The van der Waals surface area contributed by atoms with Crippen molar-refractivity contribution in [3.63, 3.8) is 0 Å². The third kappa shape index (κ3) is 3.71. The number of carbonyl (C=O) groups is 1. The lowest BCUT2D eigenvalue weighted by Crippen LogP contribution is -2.31. The molecule has 0 fully saturated rings. The van der Waals surface area contributed by atoms with Crippen LogP contribution in [-0.2, 0) is 16.1 Å². The van der Waals surface area contributed by atoms with E-state index in [0.29, 0.717) is 13.0 Å². The predicted octanol–water partition coefficient (Wildman–Crippen LogP) is 1.44. The molecule has 1 atom stereocenters. The largest absolute Gasteiger partial charge is 0.274 e. The van der Waals surface area contributed by atoms with Gasteiger partial charge in [0.15, 0.2) is 0 Å². The van der Waals surface area contributed by atoms with E-state index in [-0.39, 0.29) is 0 Å². The SMILES string of the molecule is CCONC(=O)C(C#N)Cc1ccccc1. The molecule has 4 nitrogen and oxygen atoms in total. The highest BCUT2D eigenvalue weighted by Gasteiger charge is 2.18. The van der Waals surface area contributed by atoms with E-state index in [1.807, 2.05) is 36.4 Å². The second-order valence-corrected chi connectivity index (χ2v) is 3.27. The third-order valence-corrected chi connectivity index (χ3v) is 2.07. The second kappa shape index (κ2) is 6.59. The number of nitrogens with one attached hydrogen (secondary N) is 1. The smallest absolute Gasteiger partial charge is 0.261 e. The average molecular weight is 218 g/mol. The van der Waals surface area contributed by atoms with Crippen molar-refractivity contribution in [2.45, 2.75) is 13.3 Å². The summed E-state index contributed by atoms with van der Waals surface area (Å²) in [5.74, 6) is -1.11. The Bertz CT molecular complexity index is 370. The van der Waals surface area contributed by atoms with Crippen LogP contribution >= 0.6 is 0 Å². The van der Waals surface area contributed by atoms with Crippen LogP contribution in [0.5, 0.6) is 0 Å². The molecule has 16 heavy (non-hydrogen) atoms. The van der Waals surface area contributed by atoms with Crippen molar-refractivity contribution in [1.29, 1.82) is 5.26 Å². The molecular weight excluding hydrogens is 204 g/mol. The Kier molecular flexibility index (Phi) is 5.03. The number of rotatable bonds is 5. The zero-order valence-electron chi connectivity index (χ0n) is 9.14. The zero-order chi connectivity index (χ0) is 11.8. The number of hydroxylamine groups is 1. The molecule has 0 bridgehead atoms. The van der Waals surface area contributed by atoms with Crippen LogP contribution in [0.1, 0.15) is 12.5 Å². The Hall–Kier alpha value is -1.86. The summed E-state index contributed by atoms with van der Waals surface area (Å²) in [7, 11) is 0. The van der Waals surface area contributed by atoms with Crippen molar-refractivity contribution in [2.24, 2.45) is 5.92 Å². The molecule has 0 aliphatic rings. The van der Waals surface area contributed by atoms with E-state index in [2.05, 4.69) is 5.48 Å². The third-order valence-electron chi connectivity index (χ3n) is 2.07. The number of hydrogen-bond acceptors (Lipinski definition) is 3. The number of nitriles is 1. The van der Waals surface area contributed by atoms with E-state index in [4.69, 9.17) is 10.1 Å². The summed E-state index contributed by atoms with van der Waals surface area (Å²) in [6, 6.07) is 11.4. The monoisotopic (exact) mass is 218 g/mol. The Labute approximate surface area is 94.8 Å². The molecule has 0 spiro atoms.